The second-order valence-electron chi connectivity index (χ2n) is 30.8. The van der Waals surface area contributed by atoms with Gasteiger partial charge in [0.05, 0.1) is 97.7 Å². The maximum atomic E-state index is 12.8. The van der Waals surface area contributed by atoms with E-state index < -0.39 is 301 Å². The number of rotatable bonds is 56. The average Bonchev–Trinajstić information content (AvgIpc) is 0.816. The minimum Gasteiger partial charge on any atom is -0.305 e. The van der Waals surface area contributed by atoms with Crippen molar-refractivity contribution >= 4 is 139 Å². The summed E-state index contributed by atoms with van der Waals surface area (Å²) in [5.74, 6) is 0. The van der Waals surface area contributed by atoms with Gasteiger partial charge in [0.2, 0.25) is 0 Å². The highest BCUT2D eigenvalue weighted by Crippen LogP contribution is 2.59. The van der Waals surface area contributed by atoms with Crippen LogP contribution in [-0.4, -0.2) is 229 Å². The molecule has 0 atom stereocenters. The molecule has 0 bridgehead atoms. The molecule has 0 radical (unpaired) electrons. The van der Waals surface area contributed by atoms with E-state index in [1.165, 1.54) is 0 Å². The summed E-state index contributed by atoms with van der Waals surface area (Å²) >= 11 is 0. The van der Waals surface area contributed by atoms with Crippen LogP contribution in [0.2, 0.25) is 0 Å². The summed E-state index contributed by atoms with van der Waals surface area (Å²) in [5, 5.41) is -5.56. The Bertz CT molecular complexity index is 3430. The van der Waals surface area contributed by atoms with Gasteiger partial charge in [0.15, 0.2) is 143 Å². The highest BCUT2D eigenvalue weighted by Gasteiger charge is 2.46. The lowest BCUT2D eigenvalue weighted by atomic mass is 10.5. The van der Waals surface area contributed by atoms with Crippen molar-refractivity contribution in [2.24, 2.45) is 0 Å². The summed E-state index contributed by atoms with van der Waals surface area (Å²) < 4.78 is 384. The Morgan fingerprint density at radius 1 is 0.138 bits per heavy atom. The van der Waals surface area contributed by atoms with E-state index in [-0.39, 0.29) is 0 Å². The molecule has 0 saturated carbocycles. The lowest BCUT2D eigenvalue weighted by molar-refractivity contribution is 0.144. The molecule has 704 valence electrons. The molecule has 0 spiro atoms. The molecule has 0 heterocycles. The topological polar surface area (TPSA) is 557 Å². The monoisotopic (exact) mass is 2000 g/mol. The van der Waals surface area contributed by atoms with Crippen molar-refractivity contribution in [3.8, 4) is 0 Å². The normalized spacial score (nSPS) is 14.5. The van der Waals surface area contributed by atoms with Gasteiger partial charge in [-0.15, -0.1) is 0 Å². The standard InChI is InChI=1S/4C15H34O10P2S2/c4*1-12(2)22-26(16,23-13(3)4)9-28(18,19)11-29(20,21)10-27(17,24-14(5)6)25-15(7)8/h4*12-15H,9-11H2,1-8H3. The molecule has 0 fully saturated rings. The third kappa shape index (κ3) is 63.7. The molecule has 0 amide bonds. The molecule has 0 aromatic heterocycles. The summed E-state index contributed by atoms with van der Waals surface area (Å²) in [5.41, 5.74) is -8.92. The SMILES string of the molecule is CC(C)OP(=O)(CS(=O)(=O)CS(=O)(=O)CP(=O)(OC(C)C)OC(C)C)OC(C)C.CC(C)OP(=O)(CS(=O)(=O)CS(=O)(=O)CP(=O)(OC(C)C)OC(C)C)OC(C)C.CC(C)OP(=O)(CS(=O)(=O)CS(=O)(=O)CP(=O)(OC(C)C)OC(C)C)OC(C)C.CC(C)OP(=O)(CS(=O)(=O)CS(=O)(=O)CP(=O)(OC(C)C)OC(C)C)OC(C)C. The van der Waals surface area contributed by atoms with E-state index >= 15 is 0 Å². The van der Waals surface area contributed by atoms with Crippen molar-refractivity contribution in [2.45, 2.75) is 319 Å². The molecule has 0 saturated heterocycles. The zero-order valence-corrected chi connectivity index (χ0v) is 86.6. The first kappa shape index (κ1) is 123. The summed E-state index contributed by atoms with van der Waals surface area (Å²) in [6.07, 6.45) is -9.70. The van der Waals surface area contributed by atoms with Gasteiger partial charge in [0, 0.05) is 0 Å². The largest absolute Gasteiger partial charge is 0.346 e. The van der Waals surface area contributed by atoms with E-state index in [1.54, 1.807) is 222 Å². The van der Waals surface area contributed by atoms with Crippen molar-refractivity contribution in [3.05, 3.63) is 0 Å². The smallest absolute Gasteiger partial charge is 0.305 e. The van der Waals surface area contributed by atoms with Crippen LogP contribution in [0, 0.1) is 0 Å². The van der Waals surface area contributed by atoms with Crippen molar-refractivity contribution in [3.63, 3.8) is 0 Å². The van der Waals surface area contributed by atoms with Crippen molar-refractivity contribution < 1.29 is 176 Å². The second-order valence-corrected chi connectivity index (χ2v) is 67.9. The number of hydrogen-bond donors (Lipinski definition) is 0. The quantitative estimate of drug-likeness (QED) is 0.0510. The summed E-state index contributed by atoms with van der Waals surface area (Å²) in [4.78, 5) is 0. The van der Waals surface area contributed by atoms with Gasteiger partial charge >= 0.3 is 60.8 Å². The molecular weight excluding hydrogens is 1860 g/mol. The predicted molar refractivity (Wildman–Crippen MR) is 450 cm³/mol. The zero-order valence-electron chi connectivity index (χ0n) is 72.9. The van der Waals surface area contributed by atoms with Crippen molar-refractivity contribution in [2.75, 3.05) is 64.3 Å². The van der Waals surface area contributed by atoms with Crippen LogP contribution in [0.25, 0.3) is 0 Å². The number of hydrogen-bond acceptors (Lipinski definition) is 40. The van der Waals surface area contributed by atoms with E-state index in [9.17, 15) is 104 Å². The summed E-state index contributed by atoms with van der Waals surface area (Å²) in [7, 11) is -68.6. The van der Waals surface area contributed by atoms with Gasteiger partial charge in [-0.05, 0) is 222 Å². The minimum atomic E-state index is -4.45. The fourth-order valence-electron chi connectivity index (χ4n) is 9.14. The first-order valence-electron chi connectivity index (χ1n) is 36.4. The van der Waals surface area contributed by atoms with E-state index in [0.29, 0.717) is 0 Å². The molecule has 56 heteroatoms. The predicted octanol–water partition coefficient (Wildman–Crippen LogP) is 15.1. The van der Waals surface area contributed by atoms with Crippen molar-refractivity contribution in [1.29, 1.82) is 0 Å². The van der Waals surface area contributed by atoms with E-state index in [2.05, 4.69) is 0 Å². The van der Waals surface area contributed by atoms with Gasteiger partial charge in [-0.2, -0.15) is 0 Å². The average molecular weight is 2000 g/mol. The summed E-state index contributed by atoms with van der Waals surface area (Å²) in [6, 6.07) is 0. The highest BCUT2D eigenvalue weighted by molar-refractivity contribution is 8.14. The molecule has 0 aliphatic carbocycles. The van der Waals surface area contributed by atoms with Gasteiger partial charge in [-0.25, -0.2) is 67.3 Å². The fraction of sp³-hybridized carbons (Fsp3) is 1.00. The Labute approximate surface area is 694 Å². The van der Waals surface area contributed by atoms with Gasteiger partial charge in [-0.3, -0.25) is 36.5 Å². The van der Waals surface area contributed by atoms with Crippen LogP contribution < -0.4 is 0 Å². The molecule has 0 aliphatic heterocycles. The van der Waals surface area contributed by atoms with Gasteiger partial charge in [-0.1, -0.05) is 0 Å². The van der Waals surface area contributed by atoms with Crippen molar-refractivity contribution in [1.82, 2.24) is 0 Å². The molecular formula is C60H136O40P8S8. The molecule has 0 aromatic rings. The molecule has 0 aromatic carbocycles. The van der Waals surface area contributed by atoms with Gasteiger partial charge in [0.1, 0.15) is 0 Å². The van der Waals surface area contributed by atoms with Crippen LogP contribution in [0.15, 0.2) is 0 Å². The Morgan fingerprint density at radius 2 is 0.190 bits per heavy atom. The molecule has 0 N–H and O–H groups in total. The van der Waals surface area contributed by atoms with E-state index in [4.69, 9.17) is 72.4 Å². The van der Waals surface area contributed by atoms with Crippen LogP contribution in [0.3, 0.4) is 0 Å². The lowest BCUT2D eigenvalue weighted by Gasteiger charge is -2.24. The molecule has 0 rings (SSSR count). The number of sulfone groups is 8. The van der Waals surface area contributed by atoms with Crippen LogP contribution in [0.5, 0.6) is 0 Å². The molecule has 0 unspecified atom stereocenters. The Morgan fingerprint density at radius 3 is 0.233 bits per heavy atom. The van der Waals surface area contributed by atoms with Crippen LogP contribution in [0.4, 0.5) is 0 Å². The first-order chi connectivity index (χ1) is 51.1. The Kier molecular flexibility index (Phi) is 54.2. The molecule has 116 heavy (non-hydrogen) atoms. The molecule has 40 nitrogen and oxygen atoms in total. The van der Waals surface area contributed by atoms with Gasteiger partial charge in [0.25, 0.3) is 0 Å². The fourth-order valence-corrected chi connectivity index (χ4v) is 55.6. The first-order valence-corrected chi connectivity index (χ1v) is 64.8. The van der Waals surface area contributed by atoms with Crippen LogP contribution in [0.1, 0.15) is 222 Å². The van der Waals surface area contributed by atoms with Crippen LogP contribution in [-0.2, 0) is 188 Å². The third-order valence-electron chi connectivity index (χ3n) is 10.2. The zero-order chi connectivity index (χ0) is 93.0. The van der Waals surface area contributed by atoms with E-state index in [1.807, 2.05) is 0 Å². The van der Waals surface area contributed by atoms with E-state index in [0.717, 1.165) is 0 Å². The second kappa shape index (κ2) is 51.1. The maximum Gasteiger partial charge on any atom is 0.346 e. The Hall–Kier alpha value is 0.800. The Balaban J connectivity index is -0.000000721. The summed E-state index contributed by atoms with van der Waals surface area (Å²) in [6.45, 7) is 49.4. The minimum absolute atomic E-state index is 0.606. The highest BCUT2D eigenvalue weighted by atomic mass is 32.3. The lowest BCUT2D eigenvalue weighted by Crippen LogP contribution is -2.25. The maximum absolute atomic E-state index is 12.8. The third-order valence-corrected chi connectivity index (χ3v) is 56.3. The van der Waals surface area contributed by atoms with Gasteiger partial charge < -0.3 is 72.4 Å². The van der Waals surface area contributed by atoms with Crippen LogP contribution >= 0.6 is 60.8 Å². The molecule has 0 aliphatic rings.